The van der Waals surface area contributed by atoms with Crippen molar-refractivity contribution >= 4 is 5.91 Å². The summed E-state index contributed by atoms with van der Waals surface area (Å²) in [6.07, 6.45) is 5.88. The largest absolute Gasteiger partial charge is 0.497 e. The summed E-state index contributed by atoms with van der Waals surface area (Å²) in [4.78, 5) is 23.2. The maximum Gasteiger partial charge on any atom is 0.233 e. The second-order valence-electron chi connectivity index (χ2n) is 7.35. The fourth-order valence-electron chi connectivity index (χ4n) is 3.99. The lowest BCUT2D eigenvalue weighted by atomic mass is 9.91. The van der Waals surface area contributed by atoms with E-state index >= 15 is 0 Å². The van der Waals surface area contributed by atoms with Crippen LogP contribution < -0.4 is 4.74 Å². The monoisotopic (exact) mass is 339 g/mol. The second kappa shape index (κ2) is 6.21. The molecule has 0 bridgehead atoms. The molecule has 1 atom stereocenters. The highest BCUT2D eigenvalue weighted by molar-refractivity contribution is 5.91. The van der Waals surface area contributed by atoms with E-state index in [1.807, 2.05) is 37.4 Å². The van der Waals surface area contributed by atoms with Gasteiger partial charge in [-0.25, -0.2) is 4.98 Å². The van der Waals surface area contributed by atoms with Gasteiger partial charge in [0.1, 0.15) is 11.6 Å². The average molecular weight is 339 g/mol. The Morgan fingerprint density at radius 3 is 2.68 bits per heavy atom. The zero-order valence-electron chi connectivity index (χ0n) is 14.9. The van der Waals surface area contributed by atoms with Gasteiger partial charge in [0, 0.05) is 30.9 Å². The number of nitrogens with one attached hydrogen (secondary N) is 1. The molecule has 2 heterocycles. The number of hydrogen-bond donors (Lipinski definition) is 1. The fraction of sp³-hybridized carbons (Fsp3) is 0.500. The first-order chi connectivity index (χ1) is 12.1. The molecule has 1 aromatic heterocycles. The zero-order chi connectivity index (χ0) is 17.4. The highest BCUT2D eigenvalue weighted by Crippen LogP contribution is 2.50. The lowest BCUT2D eigenvalue weighted by molar-refractivity contribution is -0.135. The van der Waals surface area contributed by atoms with Gasteiger partial charge >= 0.3 is 0 Å². The molecule has 2 aromatic rings. The normalized spacial score (nSPS) is 21.8. The summed E-state index contributed by atoms with van der Waals surface area (Å²) in [5.41, 5.74) is 1.89. The van der Waals surface area contributed by atoms with Crippen LogP contribution in [0.1, 0.15) is 48.7 Å². The van der Waals surface area contributed by atoms with Crippen LogP contribution in [0.2, 0.25) is 0 Å². The summed E-state index contributed by atoms with van der Waals surface area (Å²) in [6, 6.07) is 7.99. The summed E-state index contributed by atoms with van der Waals surface area (Å²) in [6.45, 7) is 3.64. The Morgan fingerprint density at radius 2 is 2.08 bits per heavy atom. The number of ether oxygens (including phenoxy) is 1. The number of nitrogens with zero attached hydrogens (tertiary/aromatic N) is 2. The van der Waals surface area contributed by atoms with Crippen LogP contribution in [-0.2, 0) is 10.2 Å². The number of aromatic nitrogens is 2. The molecule has 0 radical (unpaired) electrons. The van der Waals surface area contributed by atoms with Gasteiger partial charge in [-0.15, -0.1) is 0 Å². The lowest BCUT2D eigenvalue weighted by Gasteiger charge is -2.34. The predicted octanol–water partition coefficient (Wildman–Crippen LogP) is 3.16. The number of carbonyl (C=O) groups excluding carboxylic acids is 1. The van der Waals surface area contributed by atoms with Crippen LogP contribution >= 0.6 is 0 Å². The van der Waals surface area contributed by atoms with Crippen molar-refractivity contribution < 1.29 is 9.53 Å². The standard InChI is InChI=1S/C20H25N3O2/c1-14-12-21-18(22-14)15-4-3-11-23(13-15)19(24)20(9-10-20)16-5-7-17(25-2)8-6-16/h5-8,12,15H,3-4,9-11,13H2,1-2H3,(H,21,22)/t15-/m1/s1. The van der Waals surface area contributed by atoms with Gasteiger partial charge in [0.25, 0.3) is 0 Å². The van der Waals surface area contributed by atoms with Gasteiger partial charge in [0.05, 0.1) is 12.5 Å². The molecule has 1 aromatic carbocycles. The van der Waals surface area contributed by atoms with E-state index in [-0.39, 0.29) is 11.3 Å². The molecule has 5 nitrogen and oxygen atoms in total. The molecule has 0 unspecified atom stereocenters. The number of benzene rings is 1. The van der Waals surface area contributed by atoms with E-state index in [4.69, 9.17) is 4.74 Å². The van der Waals surface area contributed by atoms with Crippen molar-refractivity contribution in [2.45, 2.75) is 43.9 Å². The number of carbonyl (C=O) groups is 1. The second-order valence-corrected chi connectivity index (χ2v) is 7.35. The third-order valence-electron chi connectivity index (χ3n) is 5.62. The third-order valence-corrected chi connectivity index (χ3v) is 5.62. The smallest absolute Gasteiger partial charge is 0.233 e. The number of likely N-dealkylation sites (tertiary alicyclic amines) is 1. The third kappa shape index (κ3) is 2.92. The summed E-state index contributed by atoms with van der Waals surface area (Å²) in [5, 5.41) is 0. The van der Waals surface area contributed by atoms with Crippen LogP contribution in [0.25, 0.3) is 0 Å². The molecule has 25 heavy (non-hydrogen) atoms. The Morgan fingerprint density at radius 1 is 1.32 bits per heavy atom. The molecular formula is C20H25N3O2. The minimum Gasteiger partial charge on any atom is -0.497 e. The molecular weight excluding hydrogens is 314 g/mol. The van der Waals surface area contributed by atoms with Gasteiger partial charge in [0.2, 0.25) is 5.91 Å². The average Bonchev–Trinajstić information content (AvgIpc) is 3.36. The van der Waals surface area contributed by atoms with Gasteiger partial charge in [-0.3, -0.25) is 4.79 Å². The van der Waals surface area contributed by atoms with Crippen molar-refractivity contribution in [2.24, 2.45) is 0 Å². The zero-order valence-corrected chi connectivity index (χ0v) is 14.9. The maximum absolute atomic E-state index is 13.3. The van der Waals surface area contributed by atoms with Crippen molar-refractivity contribution in [1.82, 2.24) is 14.9 Å². The topological polar surface area (TPSA) is 58.2 Å². The van der Waals surface area contributed by atoms with E-state index in [0.717, 1.165) is 61.6 Å². The van der Waals surface area contributed by atoms with Crippen LogP contribution in [0.3, 0.4) is 0 Å². The fourth-order valence-corrected chi connectivity index (χ4v) is 3.99. The van der Waals surface area contributed by atoms with Gasteiger partial charge in [0.15, 0.2) is 0 Å². The first-order valence-electron chi connectivity index (χ1n) is 9.08. The number of hydrogen-bond acceptors (Lipinski definition) is 3. The minimum absolute atomic E-state index is 0.283. The summed E-state index contributed by atoms with van der Waals surface area (Å²) >= 11 is 0. The number of H-pyrrole nitrogens is 1. The summed E-state index contributed by atoms with van der Waals surface area (Å²) in [7, 11) is 1.66. The van der Waals surface area contributed by atoms with Crippen molar-refractivity contribution in [3.8, 4) is 5.75 Å². The molecule has 1 amide bonds. The molecule has 2 fully saturated rings. The van der Waals surface area contributed by atoms with Crippen LogP contribution in [-0.4, -0.2) is 41.0 Å². The number of imidazole rings is 1. The van der Waals surface area contributed by atoms with E-state index in [0.29, 0.717) is 5.92 Å². The molecule has 1 saturated heterocycles. The highest BCUT2D eigenvalue weighted by atomic mass is 16.5. The van der Waals surface area contributed by atoms with E-state index in [1.54, 1.807) is 7.11 Å². The van der Waals surface area contributed by atoms with Crippen LogP contribution in [0.15, 0.2) is 30.5 Å². The van der Waals surface area contributed by atoms with Crippen molar-refractivity contribution in [3.63, 3.8) is 0 Å². The Balaban J connectivity index is 1.51. The first-order valence-corrected chi connectivity index (χ1v) is 9.08. The van der Waals surface area contributed by atoms with E-state index in [2.05, 4.69) is 14.9 Å². The molecule has 4 rings (SSSR count). The Hall–Kier alpha value is -2.30. The molecule has 1 aliphatic carbocycles. The van der Waals surface area contributed by atoms with Crippen LogP contribution in [0, 0.1) is 6.92 Å². The van der Waals surface area contributed by atoms with E-state index < -0.39 is 0 Å². The molecule has 0 spiro atoms. The molecule has 1 N–H and O–H groups in total. The summed E-state index contributed by atoms with van der Waals surface area (Å²) in [5.74, 6) is 2.45. The van der Waals surface area contributed by atoms with Gasteiger partial charge in [-0.05, 0) is 50.3 Å². The first kappa shape index (κ1) is 16.2. The SMILES string of the molecule is COc1ccc(C2(C(=O)N3CCC[C@@H](c4ncc(C)[nH]4)C3)CC2)cc1. The van der Waals surface area contributed by atoms with E-state index in [9.17, 15) is 4.79 Å². The van der Waals surface area contributed by atoms with Gasteiger partial charge in [-0.2, -0.15) is 0 Å². The lowest BCUT2D eigenvalue weighted by Crippen LogP contribution is -2.44. The number of aromatic amines is 1. The van der Waals surface area contributed by atoms with Gasteiger partial charge in [-0.1, -0.05) is 12.1 Å². The number of methoxy groups -OCH3 is 1. The number of aryl methyl sites for hydroxylation is 1. The molecule has 1 saturated carbocycles. The van der Waals surface area contributed by atoms with Crippen molar-refractivity contribution in [3.05, 3.63) is 47.5 Å². The van der Waals surface area contributed by atoms with E-state index in [1.165, 1.54) is 0 Å². The van der Waals surface area contributed by atoms with Crippen molar-refractivity contribution in [2.75, 3.05) is 20.2 Å². The quantitative estimate of drug-likeness (QED) is 0.931. The molecule has 1 aliphatic heterocycles. The number of rotatable bonds is 4. The maximum atomic E-state index is 13.3. The van der Waals surface area contributed by atoms with Gasteiger partial charge < -0.3 is 14.6 Å². The van der Waals surface area contributed by atoms with Crippen molar-refractivity contribution in [1.29, 1.82) is 0 Å². The van der Waals surface area contributed by atoms with Crippen LogP contribution in [0.5, 0.6) is 5.75 Å². The number of amides is 1. The Kier molecular flexibility index (Phi) is 4.02. The molecule has 5 heteroatoms. The van der Waals surface area contributed by atoms with Crippen LogP contribution in [0.4, 0.5) is 0 Å². The Bertz CT molecular complexity index is 762. The Labute approximate surface area is 148 Å². The molecule has 132 valence electrons. The summed E-state index contributed by atoms with van der Waals surface area (Å²) < 4.78 is 5.24. The predicted molar refractivity (Wildman–Crippen MR) is 95.8 cm³/mol. The number of piperidine rings is 1. The highest BCUT2D eigenvalue weighted by Gasteiger charge is 2.53. The molecule has 2 aliphatic rings. The minimum atomic E-state index is -0.312.